The van der Waals surface area contributed by atoms with E-state index in [0.29, 0.717) is 11.6 Å². The smallest absolute Gasteiger partial charge is 0.461 e. The summed E-state index contributed by atoms with van der Waals surface area (Å²) in [6.45, 7) is 10.0. The first kappa shape index (κ1) is 14.5. The molecule has 0 aromatic carbocycles. The molecule has 1 aromatic heterocycles. The molecule has 0 spiro atoms. The predicted octanol–water partition coefficient (Wildman–Crippen LogP) is 1.62. The monoisotopic (exact) mass is 283 g/mol. The van der Waals surface area contributed by atoms with E-state index in [2.05, 4.69) is 4.98 Å². The Balaban J connectivity index is 2.15. The minimum absolute atomic E-state index is 0.326. The van der Waals surface area contributed by atoms with Gasteiger partial charge in [0.25, 0.3) is 0 Å². The van der Waals surface area contributed by atoms with Crippen LogP contribution in [0.4, 0.5) is 0 Å². The summed E-state index contributed by atoms with van der Waals surface area (Å²) in [6.07, 6.45) is 1.61. The topological polar surface area (TPSA) is 57.7 Å². The summed E-state index contributed by atoms with van der Waals surface area (Å²) in [6, 6.07) is 0. The van der Waals surface area contributed by atoms with Crippen LogP contribution in [0.5, 0.6) is 0 Å². The largest absolute Gasteiger partial charge is 0.507 e. The van der Waals surface area contributed by atoms with Gasteiger partial charge in [0.2, 0.25) is 5.01 Å². The Morgan fingerprint density at radius 2 is 1.95 bits per heavy atom. The van der Waals surface area contributed by atoms with Crippen LogP contribution in [0, 0.1) is 0 Å². The van der Waals surface area contributed by atoms with Crippen LogP contribution in [-0.2, 0) is 14.0 Å². The zero-order valence-electron chi connectivity index (χ0n) is 11.9. The molecule has 19 heavy (non-hydrogen) atoms. The van der Waals surface area contributed by atoms with Crippen molar-refractivity contribution in [2.24, 2.45) is 0 Å². The molecule has 1 fully saturated rings. The Morgan fingerprint density at radius 3 is 2.47 bits per heavy atom. The number of hydrogen-bond acceptors (Lipinski definition) is 6. The van der Waals surface area contributed by atoms with Gasteiger partial charge in [0.1, 0.15) is 0 Å². The Hall–Kier alpha value is -0.915. The maximum atomic E-state index is 11.6. The Bertz CT molecular complexity index is 470. The number of carbonyl (C=O) groups is 1. The molecular formula is C12H18BNO4S. The van der Waals surface area contributed by atoms with Crippen LogP contribution < -0.4 is 4.78 Å². The van der Waals surface area contributed by atoms with Crippen LogP contribution in [-0.4, -0.2) is 35.9 Å². The molecule has 0 saturated carbocycles. The number of thiazole rings is 1. The van der Waals surface area contributed by atoms with Gasteiger partial charge in [-0.05, 0) is 34.6 Å². The van der Waals surface area contributed by atoms with Gasteiger partial charge in [0, 0.05) is 6.20 Å². The lowest BCUT2D eigenvalue weighted by molar-refractivity contribution is 0.00578. The van der Waals surface area contributed by atoms with Crippen molar-refractivity contribution in [3.05, 3.63) is 11.2 Å². The Labute approximate surface area is 117 Å². The summed E-state index contributed by atoms with van der Waals surface area (Å²) < 4.78 is 17.5. The fraction of sp³-hybridized carbons (Fsp3) is 0.667. The van der Waals surface area contributed by atoms with Gasteiger partial charge in [-0.3, -0.25) is 0 Å². The van der Waals surface area contributed by atoms with Crippen molar-refractivity contribution >= 4 is 29.2 Å². The van der Waals surface area contributed by atoms with Gasteiger partial charge in [0.15, 0.2) is 0 Å². The van der Waals surface area contributed by atoms with Crippen molar-refractivity contribution in [2.75, 3.05) is 6.61 Å². The quantitative estimate of drug-likeness (QED) is 0.623. The minimum atomic E-state index is -0.481. The maximum absolute atomic E-state index is 11.6. The molecule has 2 heterocycles. The fourth-order valence-electron chi connectivity index (χ4n) is 1.64. The third kappa shape index (κ3) is 2.68. The van der Waals surface area contributed by atoms with Gasteiger partial charge >= 0.3 is 13.1 Å². The van der Waals surface area contributed by atoms with Crippen molar-refractivity contribution < 1.29 is 18.8 Å². The van der Waals surface area contributed by atoms with E-state index in [9.17, 15) is 4.79 Å². The van der Waals surface area contributed by atoms with Gasteiger partial charge < -0.3 is 14.0 Å². The molecule has 7 heteroatoms. The number of carbonyl (C=O) groups excluding carboxylic acids is 1. The van der Waals surface area contributed by atoms with Crippen molar-refractivity contribution in [1.29, 1.82) is 0 Å². The zero-order chi connectivity index (χ0) is 14.3. The van der Waals surface area contributed by atoms with Crippen LogP contribution in [0.25, 0.3) is 0 Å². The summed E-state index contributed by atoms with van der Waals surface area (Å²) >= 11 is 1.24. The molecule has 0 amide bonds. The van der Waals surface area contributed by atoms with E-state index < -0.39 is 24.3 Å². The number of rotatable bonds is 3. The maximum Gasteiger partial charge on any atom is 0.507 e. The van der Waals surface area contributed by atoms with Gasteiger partial charge in [-0.1, -0.05) is 0 Å². The Kier molecular flexibility index (Phi) is 3.73. The molecule has 1 aromatic rings. The second kappa shape index (κ2) is 4.88. The van der Waals surface area contributed by atoms with Crippen molar-refractivity contribution in [3.63, 3.8) is 0 Å². The number of aromatic nitrogens is 1. The molecule has 1 saturated heterocycles. The van der Waals surface area contributed by atoms with Crippen LogP contribution in [0.15, 0.2) is 6.20 Å². The molecule has 0 N–H and O–H groups in total. The van der Waals surface area contributed by atoms with E-state index in [1.807, 2.05) is 27.7 Å². The highest BCUT2D eigenvalue weighted by Gasteiger charge is 2.52. The molecule has 0 bridgehead atoms. The van der Waals surface area contributed by atoms with Crippen LogP contribution in [0.3, 0.4) is 0 Å². The van der Waals surface area contributed by atoms with E-state index in [0.717, 1.165) is 4.78 Å². The number of nitrogens with zero attached hydrogens (tertiary/aromatic N) is 1. The highest BCUT2D eigenvalue weighted by molar-refractivity contribution is 7.23. The second-order valence-electron chi connectivity index (χ2n) is 5.38. The number of esters is 1. The summed E-state index contributed by atoms with van der Waals surface area (Å²) in [4.78, 5) is 15.6. The third-order valence-corrected chi connectivity index (χ3v) is 4.46. The van der Waals surface area contributed by atoms with Crippen LogP contribution in [0.1, 0.15) is 44.4 Å². The van der Waals surface area contributed by atoms with E-state index in [-0.39, 0.29) is 0 Å². The molecule has 0 unspecified atom stereocenters. The molecule has 0 atom stereocenters. The van der Waals surface area contributed by atoms with Gasteiger partial charge in [-0.25, -0.2) is 9.78 Å². The lowest BCUT2D eigenvalue weighted by atomic mass is 9.89. The molecule has 2 rings (SSSR count). The number of ether oxygens (including phenoxy) is 1. The fourth-order valence-corrected chi connectivity index (χ4v) is 2.41. The summed E-state index contributed by atoms with van der Waals surface area (Å²) in [5.41, 5.74) is -0.794. The second-order valence-corrected chi connectivity index (χ2v) is 6.44. The molecule has 104 valence electrons. The van der Waals surface area contributed by atoms with Crippen LogP contribution in [0.2, 0.25) is 0 Å². The van der Waals surface area contributed by atoms with E-state index in [1.165, 1.54) is 11.3 Å². The standard InChI is InChI=1S/C12H18BNO4S/c1-6-16-10(15)9-14-7-8(19-9)13-17-11(2,3)12(4,5)18-13/h7H,6H2,1-5H3. The van der Waals surface area contributed by atoms with Gasteiger partial charge in [-0.15, -0.1) is 11.3 Å². The van der Waals surface area contributed by atoms with Gasteiger partial charge in [0.05, 0.1) is 22.6 Å². The molecule has 0 radical (unpaired) electrons. The third-order valence-electron chi connectivity index (χ3n) is 3.46. The first-order valence-electron chi connectivity index (χ1n) is 6.25. The highest BCUT2D eigenvalue weighted by Crippen LogP contribution is 2.36. The first-order valence-corrected chi connectivity index (χ1v) is 7.07. The Morgan fingerprint density at radius 1 is 1.37 bits per heavy atom. The highest BCUT2D eigenvalue weighted by atomic mass is 32.1. The average molecular weight is 283 g/mol. The lowest BCUT2D eigenvalue weighted by Gasteiger charge is -2.32. The summed E-state index contributed by atoms with van der Waals surface area (Å²) in [7, 11) is -0.481. The van der Waals surface area contributed by atoms with Crippen molar-refractivity contribution in [2.45, 2.75) is 45.8 Å². The zero-order valence-corrected chi connectivity index (χ0v) is 12.7. The van der Waals surface area contributed by atoms with Gasteiger partial charge in [-0.2, -0.15) is 0 Å². The van der Waals surface area contributed by atoms with E-state index in [1.54, 1.807) is 13.1 Å². The molecule has 0 aliphatic carbocycles. The minimum Gasteiger partial charge on any atom is -0.461 e. The first-order chi connectivity index (χ1) is 8.77. The number of hydrogen-bond donors (Lipinski definition) is 0. The van der Waals surface area contributed by atoms with E-state index >= 15 is 0 Å². The van der Waals surface area contributed by atoms with E-state index in [4.69, 9.17) is 14.0 Å². The van der Waals surface area contributed by atoms with Crippen molar-refractivity contribution in [1.82, 2.24) is 4.98 Å². The SMILES string of the molecule is CCOC(=O)c1ncc(B2OC(C)(C)C(C)(C)O2)s1. The summed E-state index contributed by atoms with van der Waals surface area (Å²) in [5, 5.41) is 0.326. The molecule has 5 nitrogen and oxygen atoms in total. The summed E-state index contributed by atoms with van der Waals surface area (Å²) in [5.74, 6) is -0.407. The van der Waals surface area contributed by atoms with Crippen molar-refractivity contribution in [3.8, 4) is 0 Å². The van der Waals surface area contributed by atoms with Crippen LogP contribution >= 0.6 is 11.3 Å². The average Bonchev–Trinajstić information content (AvgIpc) is 2.83. The lowest BCUT2D eigenvalue weighted by Crippen LogP contribution is -2.41. The predicted molar refractivity (Wildman–Crippen MR) is 73.8 cm³/mol. The molecular weight excluding hydrogens is 265 g/mol. The molecule has 1 aliphatic heterocycles. The normalized spacial score (nSPS) is 20.6. The molecule has 1 aliphatic rings.